The van der Waals surface area contributed by atoms with Crippen molar-refractivity contribution in [1.82, 2.24) is 4.98 Å². The quantitative estimate of drug-likeness (QED) is 0.668. The van der Waals surface area contributed by atoms with E-state index in [-0.39, 0.29) is 16.4 Å². The number of benzene rings is 1. The number of sulfonamides is 1. The van der Waals surface area contributed by atoms with Crippen molar-refractivity contribution in [3.05, 3.63) is 57.2 Å². The second-order valence-corrected chi connectivity index (χ2v) is 6.32. The highest BCUT2D eigenvalue weighted by atomic mass is 79.9. The van der Waals surface area contributed by atoms with E-state index in [4.69, 9.17) is 0 Å². The fourth-order valence-corrected chi connectivity index (χ4v) is 2.68. The number of nitro groups is 1. The van der Waals surface area contributed by atoms with Crippen molar-refractivity contribution in [3.63, 3.8) is 0 Å². The number of aromatic nitrogens is 1. The summed E-state index contributed by atoms with van der Waals surface area (Å²) in [6.07, 6.45) is 1.44. The van der Waals surface area contributed by atoms with E-state index < -0.39 is 14.9 Å². The topological polar surface area (TPSA) is 102 Å². The molecule has 7 nitrogen and oxygen atoms in total. The lowest BCUT2D eigenvalue weighted by Gasteiger charge is -2.07. The maximum absolute atomic E-state index is 12.1. The first-order chi connectivity index (χ1) is 9.38. The highest BCUT2D eigenvalue weighted by Gasteiger charge is 2.18. The molecule has 0 saturated carbocycles. The van der Waals surface area contributed by atoms with Crippen LogP contribution in [0.1, 0.15) is 0 Å². The van der Waals surface area contributed by atoms with Crippen LogP contribution in [0.3, 0.4) is 0 Å². The molecular formula is C11H8BrN3O4S. The first-order valence-electron chi connectivity index (χ1n) is 5.27. The Labute approximate surface area is 123 Å². The average molecular weight is 358 g/mol. The number of nitro benzene ring substituents is 1. The van der Waals surface area contributed by atoms with Gasteiger partial charge in [-0.05, 0) is 34.1 Å². The molecule has 1 N–H and O–H groups in total. The molecule has 0 aliphatic heterocycles. The molecular weight excluding hydrogens is 350 g/mol. The van der Waals surface area contributed by atoms with Gasteiger partial charge in [0.05, 0.1) is 9.82 Å². The van der Waals surface area contributed by atoms with Crippen LogP contribution in [-0.2, 0) is 10.0 Å². The smallest absolute Gasteiger partial charge is 0.263 e. The van der Waals surface area contributed by atoms with E-state index in [1.807, 2.05) is 0 Å². The third-order valence-electron chi connectivity index (χ3n) is 2.31. The fraction of sp³-hybridized carbons (Fsp3) is 0. The Morgan fingerprint density at radius 1 is 1.25 bits per heavy atom. The largest absolute Gasteiger partial charge is 0.270 e. The van der Waals surface area contributed by atoms with Gasteiger partial charge in [-0.3, -0.25) is 14.8 Å². The molecule has 9 heteroatoms. The van der Waals surface area contributed by atoms with Gasteiger partial charge in [0.15, 0.2) is 0 Å². The van der Waals surface area contributed by atoms with Gasteiger partial charge in [0.1, 0.15) is 5.82 Å². The lowest BCUT2D eigenvalue weighted by molar-refractivity contribution is -0.385. The van der Waals surface area contributed by atoms with Crippen LogP contribution >= 0.6 is 15.9 Å². The Balaban J connectivity index is 2.33. The van der Waals surface area contributed by atoms with Crippen LogP contribution in [0.5, 0.6) is 0 Å². The third-order valence-corrected chi connectivity index (χ3v) is 4.13. The minimum atomic E-state index is -3.91. The van der Waals surface area contributed by atoms with Gasteiger partial charge in [-0.1, -0.05) is 6.07 Å². The van der Waals surface area contributed by atoms with Gasteiger partial charge in [0, 0.05) is 22.8 Å². The van der Waals surface area contributed by atoms with Crippen LogP contribution in [0, 0.1) is 10.1 Å². The van der Waals surface area contributed by atoms with Crippen molar-refractivity contribution in [2.24, 2.45) is 0 Å². The predicted molar refractivity (Wildman–Crippen MR) is 75.8 cm³/mol. The highest BCUT2D eigenvalue weighted by molar-refractivity contribution is 9.10. The maximum Gasteiger partial charge on any atom is 0.270 e. The van der Waals surface area contributed by atoms with Crippen LogP contribution in [0.25, 0.3) is 0 Å². The van der Waals surface area contributed by atoms with E-state index in [1.54, 1.807) is 6.07 Å². The number of rotatable bonds is 4. The van der Waals surface area contributed by atoms with Crippen molar-refractivity contribution in [2.45, 2.75) is 4.90 Å². The number of hydrogen-bond acceptors (Lipinski definition) is 5. The second kappa shape index (κ2) is 5.55. The Morgan fingerprint density at radius 3 is 2.60 bits per heavy atom. The van der Waals surface area contributed by atoms with Crippen LogP contribution in [-0.4, -0.2) is 18.3 Å². The summed E-state index contributed by atoms with van der Waals surface area (Å²) in [6.45, 7) is 0. The number of nitrogens with zero attached hydrogens (tertiary/aromatic N) is 2. The molecule has 1 aromatic heterocycles. The number of non-ortho nitro benzene ring substituents is 1. The van der Waals surface area contributed by atoms with Gasteiger partial charge in [-0.25, -0.2) is 13.4 Å². The Morgan fingerprint density at radius 2 is 2.00 bits per heavy atom. The van der Waals surface area contributed by atoms with Crippen LogP contribution in [0.4, 0.5) is 11.5 Å². The zero-order valence-electron chi connectivity index (χ0n) is 9.86. The van der Waals surface area contributed by atoms with Crippen molar-refractivity contribution in [3.8, 4) is 0 Å². The monoisotopic (exact) mass is 357 g/mol. The summed E-state index contributed by atoms with van der Waals surface area (Å²) in [5.41, 5.74) is -0.295. The van der Waals surface area contributed by atoms with Crippen molar-refractivity contribution >= 4 is 37.5 Å². The Hall–Kier alpha value is -2.00. The number of halogens is 1. The van der Waals surface area contributed by atoms with E-state index in [0.29, 0.717) is 4.47 Å². The van der Waals surface area contributed by atoms with Crippen LogP contribution in [0.2, 0.25) is 0 Å². The maximum atomic E-state index is 12.1. The van der Waals surface area contributed by atoms with Crippen LogP contribution in [0.15, 0.2) is 52.0 Å². The van der Waals surface area contributed by atoms with Gasteiger partial charge in [-0.2, -0.15) is 0 Å². The summed E-state index contributed by atoms with van der Waals surface area (Å²) in [5.74, 6) is 0.125. The van der Waals surface area contributed by atoms with Crippen molar-refractivity contribution in [2.75, 3.05) is 4.72 Å². The lowest BCUT2D eigenvalue weighted by atomic mass is 10.3. The van der Waals surface area contributed by atoms with E-state index in [0.717, 1.165) is 6.07 Å². The molecule has 2 aromatic rings. The average Bonchev–Trinajstić information content (AvgIpc) is 2.41. The standard InChI is InChI=1S/C11H8BrN3O4S/c12-8-4-5-11(13-7-8)14-20(18,19)10-3-1-2-9(6-10)15(16)17/h1-7H,(H,13,14). The molecule has 20 heavy (non-hydrogen) atoms. The third kappa shape index (κ3) is 3.31. The summed E-state index contributed by atoms with van der Waals surface area (Å²) in [6, 6.07) is 7.88. The molecule has 104 valence electrons. The van der Waals surface area contributed by atoms with Gasteiger partial charge in [-0.15, -0.1) is 0 Å². The normalized spacial score (nSPS) is 11.1. The molecule has 1 heterocycles. The first kappa shape index (κ1) is 14.4. The predicted octanol–water partition coefficient (Wildman–Crippen LogP) is 2.55. The van der Waals surface area contributed by atoms with Gasteiger partial charge in [0.25, 0.3) is 15.7 Å². The molecule has 0 fully saturated rings. The zero-order chi connectivity index (χ0) is 14.8. The molecule has 0 atom stereocenters. The number of pyridine rings is 1. The fourth-order valence-electron chi connectivity index (χ4n) is 1.40. The van der Waals surface area contributed by atoms with E-state index in [1.165, 1.54) is 30.5 Å². The molecule has 0 unspecified atom stereocenters. The number of anilines is 1. The molecule has 0 saturated heterocycles. The molecule has 0 radical (unpaired) electrons. The molecule has 0 spiro atoms. The summed E-state index contributed by atoms with van der Waals surface area (Å²) in [5, 5.41) is 10.6. The molecule has 0 aliphatic rings. The SMILES string of the molecule is O=[N+]([O-])c1cccc(S(=O)(=O)Nc2ccc(Br)cn2)c1. The van der Waals surface area contributed by atoms with Crippen LogP contribution < -0.4 is 4.72 Å². The molecule has 1 aromatic carbocycles. The van der Waals surface area contributed by atoms with Crippen molar-refractivity contribution in [1.29, 1.82) is 0 Å². The van der Waals surface area contributed by atoms with Gasteiger partial charge in [0.2, 0.25) is 0 Å². The van der Waals surface area contributed by atoms with Gasteiger partial charge >= 0.3 is 0 Å². The highest BCUT2D eigenvalue weighted by Crippen LogP contribution is 2.20. The van der Waals surface area contributed by atoms with E-state index in [9.17, 15) is 18.5 Å². The number of hydrogen-bond donors (Lipinski definition) is 1. The summed E-state index contributed by atoms with van der Waals surface area (Å²) < 4.78 is 27.1. The molecule has 2 rings (SSSR count). The zero-order valence-corrected chi connectivity index (χ0v) is 12.3. The minimum Gasteiger partial charge on any atom is -0.263 e. The summed E-state index contributed by atoms with van der Waals surface area (Å²) >= 11 is 3.18. The molecule has 0 bridgehead atoms. The molecule has 0 aliphatic carbocycles. The first-order valence-corrected chi connectivity index (χ1v) is 7.55. The summed E-state index contributed by atoms with van der Waals surface area (Å²) in [4.78, 5) is 13.7. The Kier molecular flexibility index (Phi) is 4.00. The minimum absolute atomic E-state index is 0.125. The lowest BCUT2D eigenvalue weighted by Crippen LogP contribution is -2.14. The van der Waals surface area contributed by atoms with E-state index >= 15 is 0 Å². The summed E-state index contributed by atoms with van der Waals surface area (Å²) in [7, 11) is -3.91. The van der Waals surface area contributed by atoms with E-state index in [2.05, 4.69) is 25.6 Å². The number of nitrogens with one attached hydrogen (secondary N) is 1. The van der Waals surface area contributed by atoms with Gasteiger partial charge < -0.3 is 0 Å². The van der Waals surface area contributed by atoms with Crippen molar-refractivity contribution < 1.29 is 13.3 Å². The molecule has 0 amide bonds. The second-order valence-electron chi connectivity index (χ2n) is 3.72. The Bertz CT molecular complexity index is 747.